The number of carboxylic acid groups (broad SMARTS) is 2. The zero-order valence-electron chi connectivity index (χ0n) is 30.8. The van der Waals surface area contributed by atoms with Crippen molar-refractivity contribution in [1.29, 1.82) is 0 Å². The Bertz CT molecular complexity index is 3110. The molecular formula is C44H30ClN5O9. The third kappa shape index (κ3) is 6.87. The van der Waals surface area contributed by atoms with Crippen molar-refractivity contribution in [3.8, 4) is 22.5 Å². The first-order valence-corrected chi connectivity index (χ1v) is 18.3. The fourth-order valence-corrected chi connectivity index (χ4v) is 7.35. The van der Waals surface area contributed by atoms with E-state index in [0.29, 0.717) is 50.6 Å². The molecule has 0 spiro atoms. The fraction of sp³-hybridized carbons (Fsp3) is 0.0682. The number of nitrogens with one attached hydrogen (secondary N) is 2. The molecule has 0 fully saturated rings. The third-order valence-corrected chi connectivity index (χ3v) is 10.3. The number of nitrogens with zero attached hydrogens (tertiary/aromatic N) is 2. The minimum absolute atomic E-state index is 0.000874. The van der Waals surface area contributed by atoms with Crippen LogP contribution in [0.4, 0.5) is 17.1 Å². The van der Waals surface area contributed by atoms with Gasteiger partial charge in [0.1, 0.15) is 22.7 Å². The smallest absolute Gasteiger partial charge is 0.354 e. The number of anilines is 3. The maximum absolute atomic E-state index is 14.0. The molecule has 3 heterocycles. The largest absolute Gasteiger partial charge is 0.478 e. The number of ether oxygens (including phenoxy) is 1. The fourth-order valence-electron chi connectivity index (χ4n) is 7.13. The molecular weight excluding hydrogens is 778 g/mol. The number of nitrogens with two attached hydrogens (primary N) is 1. The first-order valence-electron chi connectivity index (χ1n) is 17.9. The number of nitrogen functional groups attached to an aromatic ring is 1. The van der Waals surface area contributed by atoms with Gasteiger partial charge in [0.2, 0.25) is 5.43 Å². The molecule has 15 heteroatoms. The number of carbonyl (C=O) groups excluding carboxylic acids is 2. The highest BCUT2D eigenvalue weighted by atomic mass is 35.5. The number of methoxy groups -OCH3 is 1. The molecule has 2 aromatic heterocycles. The van der Waals surface area contributed by atoms with Crippen LogP contribution in [0.15, 0.2) is 106 Å². The lowest BCUT2D eigenvalue weighted by atomic mass is 9.87. The Morgan fingerprint density at radius 3 is 2.15 bits per heavy atom. The van der Waals surface area contributed by atoms with Gasteiger partial charge in [0, 0.05) is 51.6 Å². The highest BCUT2D eigenvalue weighted by Crippen LogP contribution is 2.46. The maximum atomic E-state index is 14.0. The van der Waals surface area contributed by atoms with Crippen LogP contribution in [0.5, 0.6) is 0 Å². The van der Waals surface area contributed by atoms with Crippen molar-refractivity contribution >= 4 is 85.6 Å². The molecule has 0 atom stereocenters. The summed E-state index contributed by atoms with van der Waals surface area (Å²) in [5.41, 5.74) is 9.56. The molecule has 59 heavy (non-hydrogen) atoms. The lowest BCUT2D eigenvalue weighted by Crippen LogP contribution is -2.17. The van der Waals surface area contributed by atoms with E-state index in [-0.39, 0.29) is 74.3 Å². The van der Waals surface area contributed by atoms with E-state index in [1.165, 1.54) is 37.4 Å². The summed E-state index contributed by atoms with van der Waals surface area (Å²) in [6.45, 7) is -0.153. The Balaban J connectivity index is 1.38. The molecule has 2 aliphatic rings. The number of carbonyl (C=O) groups is 4. The van der Waals surface area contributed by atoms with E-state index in [0.717, 1.165) is 5.39 Å². The number of hydrogen-bond acceptors (Lipinski definition) is 12. The van der Waals surface area contributed by atoms with Crippen molar-refractivity contribution in [2.24, 2.45) is 0 Å². The molecule has 4 aromatic carbocycles. The van der Waals surface area contributed by atoms with E-state index >= 15 is 0 Å². The highest BCUT2D eigenvalue weighted by Gasteiger charge is 2.29. The molecule has 1 aliphatic heterocycles. The van der Waals surface area contributed by atoms with Crippen LogP contribution in [0.2, 0.25) is 5.02 Å². The summed E-state index contributed by atoms with van der Waals surface area (Å²) in [6, 6.07) is 25.7. The van der Waals surface area contributed by atoms with Gasteiger partial charge in [0.25, 0.3) is 0 Å². The summed E-state index contributed by atoms with van der Waals surface area (Å²) in [5.74, 6) is -3.15. The highest BCUT2D eigenvalue weighted by molar-refractivity contribution is 6.31. The van der Waals surface area contributed by atoms with E-state index < -0.39 is 23.3 Å². The minimum Gasteiger partial charge on any atom is -0.478 e. The van der Waals surface area contributed by atoms with E-state index in [1.807, 2.05) is 6.07 Å². The predicted molar refractivity (Wildman–Crippen MR) is 223 cm³/mol. The van der Waals surface area contributed by atoms with Crippen molar-refractivity contribution in [1.82, 2.24) is 9.97 Å². The number of fused-ring (bicyclic) bond motifs is 4. The van der Waals surface area contributed by atoms with Crippen LogP contribution in [0.3, 0.4) is 0 Å². The van der Waals surface area contributed by atoms with Gasteiger partial charge in [0.15, 0.2) is 6.29 Å². The second-order valence-corrected chi connectivity index (χ2v) is 13.8. The molecule has 6 aromatic rings. The average molecular weight is 808 g/mol. The predicted octanol–water partition coefficient (Wildman–Crippen LogP) is 8.12. The number of hydrogen-bond donors (Lipinski definition) is 5. The maximum Gasteiger partial charge on any atom is 0.354 e. The van der Waals surface area contributed by atoms with Crippen LogP contribution in [0.25, 0.3) is 55.2 Å². The Morgan fingerprint density at radius 1 is 0.814 bits per heavy atom. The van der Waals surface area contributed by atoms with Gasteiger partial charge >= 0.3 is 17.9 Å². The molecule has 0 amide bonds. The summed E-state index contributed by atoms with van der Waals surface area (Å²) in [7, 11) is 1.20. The van der Waals surface area contributed by atoms with Crippen LogP contribution < -0.4 is 21.8 Å². The summed E-state index contributed by atoms with van der Waals surface area (Å²) in [5, 5.41) is 27.9. The third-order valence-electron chi connectivity index (χ3n) is 9.97. The molecule has 8 rings (SSSR count). The lowest BCUT2D eigenvalue weighted by Gasteiger charge is -2.22. The molecule has 0 bridgehead atoms. The number of para-hydroxylation sites is 2. The van der Waals surface area contributed by atoms with Gasteiger partial charge in [0.05, 0.1) is 51.2 Å². The van der Waals surface area contributed by atoms with Crippen LogP contribution >= 0.6 is 11.6 Å². The van der Waals surface area contributed by atoms with Gasteiger partial charge in [-0.05, 0) is 66.2 Å². The van der Waals surface area contributed by atoms with E-state index in [4.69, 9.17) is 26.5 Å². The Kier molecular flexibility index (Phi) is 9.84. The summed E-state index contributed by atoms with van der Waals surface area (Å²) in [4.78, 5) is 71.9. The SMILES string of the molecule is COC(=O)c1ccc(C(=O)O)cc1-c1c2cc(Cl)c(=O)c(CNc3cccc4ccc(C=O)nc34)c-2oc2c(CNc3cccc4ccc(C(=O)O)nc34)c(N)ccc12. The van der Waals surface area contributed by atoms with Gasteiger partial charge in [-0.1, -0.05) is 48.0 Å². The molecule has 14 nitrogen and oxygen atoms in total. The van der Waals surface area contributed by atoms with Gasteiger partial charge in [-0.3, -0.25) is 9.59 Å². The molecule has 0 saturated carbocycles. The molecule has 0 unspecified atom stereocenters. The number of esters is 1. The zero-order chi connectivity index (χ0) is 41.5. The molecule has 0 radical (unpaired) electrons. The average Bonchev–Trinajstić information content (AvgIpc) is 3.24. The van der Waals surface area contributed by atoms with Crippen molar-refractivity contribution in [2.75, 3.05) is 23.5 Å². The van der Waals surface area contributed by atoms with Crippen LogP contribution in [0, 0.1) is 0 Å². The topological polar surface area (TPSA) is 224 Å². The number of carboxylic acids is 2. The monoisotopic (exact) mass is 807 g/mol. The minimum atomic E-state index is -1.26. The number of rotatable bonds is 11. The number of halogens is 1. The number of benzene rings is 5. The van der Waals surface area contributed by atoms with Gasteiger partial charge < -0.3 is 35.7 Å². The van der Waals surface area contributed by atoms with Gasteiger partial charge in [-0.15, -0.1) is 0 Å². The van der Waals surface area contributed by atoms with Crippen LogP contribution in [-0.2, 0) is 17.8 Å². The van der Waals surface area contributed by atoms with Gasteiger partial charge in [-0.2, -0.15) is 0 Å². The summed E-state index contributed by atoms with van der Waals surface area (Å²) in [6.07, 6.45) is 0.631. The van der Waals surface area contributed by atoms with E-state index in [1.54, 1.807) is 60.7 Å². The first-order chi connectivity index (χ1) is 28.5. The Labute approximate surface area is 338 Å². The van der Waals surface area contributed by atoms with E-state index in [2.05, 4.69) is 20.6 Å². The van der Waals surface area contributed by atoms with Crippen LogP contribution in [0.1, 0.15) is 52.8 Å². The first kappa shape index (κ1) is 38.1. The van der Waals surface area contributed by atoms with Crippen molar-refractivity contribution < 1.29 is 38.5 Å². The zero-order valence-corrected chi connectivity index (χ0v) is 31.6. The quantitative estimate of drug-likeness (QED) is 0.0360. The van der Waals surface area contributed by atoms with Crippen LogP contribution in [-0.4, -0.2) is 51.5 Å². The molecule has 1 aliphatic carbocycles. The Hall–Kier alpha value is -7.84. The van der Waals surface area contributed by atoms with E-state index in [9.17, 15) is 34.2 Å². The number of aromatic nitrogens is 2. The number of aldehydes is 1. The number of aromatic carboxylic acids is 2. The van der Waals surface area contributed by atoms with Crippen molar-refractivity contribution in [2.45, 2.75) is 13.1 Å². The second-order valence-electron chi connectivity index (χ2n) is 13.4. The molecule has 0 saturated heterocycles. The normalized spacial score (nSPS) is 11.2. The molecule has 6 N–H and O–H groups in total. The summed E-state index contributed by atoms with van der Waals surface area (Å²) < 4.78 is 11.8. The lowest BCUT2D eigenvalue weighted by molar-refractivity contribution is 0.0598. The standard InChI is InChI=1S/C44H30ClN5O9/c1-58-44(57)25-12-9-23(42(53)54)16-27(25)36-26-13-14-32(46)29(18-47-34-7-3-5-22-10-15-35(43(55)56)50-38(22)34)40(26)59-41-28(36)17-31(45)39(52)30(41)19-48-33-6-2-4-21-8-11-24(20-51)49-37(21)33/h2-17,20,47-48H,18-19,46H2,1H3,(H,53,54)(H,55,56). The number of pyridine rings is 2. The second kappa shape index (κ2) is 15.2. The molecule has 292 valence electrons. The van der Waals surface area contributed by atoms with Gasteiger partial charge in [-0.25, -0.2) is 24.4 Å². The van der Waals surface area contributed by atoms with Crippen molar-refractivity contribution in [3.05, 3.63) is 146 Å². The van der Waals surface area contributed by atoms with Crippen molar-refractivity contribution in [3.63, 3.8) is 0 Å². The Morgan fingerprint density at radius 2 is 1.49 bits per heavy atom. The summed E-state index contributed by atoms with van der Waals surface area (Å²) >= 11 is 6.69.